The second-order valence-corrected chi connectivity index (χ2v) is 7.49. The number of primary amides is 2. The van der Waals surface area contributed by atoms with E-state index in [1.165, 1.54) is 0 Å². The van der Waals surface area contributed by atoms with Crippen molar-refractivity contribution in [2.45, 2.75) is 63.7 Å². The molecule has 0 spiro atoms. The highest BCUT2D eigenvalue weighted by Gasteiger charge is 2.32. The molecule has 0 aromatic heterocycles. The van der Waals surface area contributed by atoms with E-state index in [9.17, 15) is 33.9 Å². The number of carbonyl (C=O) groups excluding carboxylic acids is 5. The number of rotatable bonds is 15. The SMILES string of the molecule is CC(C)C(NC(=O)C(CCC(N)=O)NC(=O)C(N)CO)C(=O)NC(CCC(N)=O)C(=O)O. The van der Waals surface area contributed by atoms with Crippen molar-refractivity contribution in [1.82, 2.24) is 16.0 Å². The average molecular weight is 460 g/mol. The average Bonchev–Trinajstić information content (AvgIpc) is 2.70. The van der Waals surface area contributed by atoms with Crippen molar-refractivity contribution in [3.63, 3.8) is 0 Å². The zero-order chi connectivity index (χ0) is 25.0. The van der Waals surface area contributed by atoms with Crippen LogP contribution in [0.15, 0.2) is 0 Å². The lowest BCUT2D eigenvalue weighted by Gasteiger charge is -2.27. The molecule has 0 aromatic carbocycles. The minimum atomic E-state index is -1.42. The molecule has 0 fully saturated rings. The van der Waals surface area contributed by atoms with Crippen LogP contribution in [0.3, 0.4) is 0 Å². The Morgan fingerprint density at radius 2 is 1.25 bits per heavy atom. The van der Waals surface area contributed by atoms with Crippen LogP contribution in [-0.4, -0.2) is 76.5 Å². The first-order chi connectivity index (χ1) is 14.8. The van der Waals surface area contributed by atoms with Gasteiger partial charge in [0.25, 0.3) is 0 Å². The zero-order valence-corrected chi connectivity index (χ0v) is 18.0. The molecule has 0 rings (SSSR count). The first kappa shape index (κ1) is 28.7. The molecule has 182 valence electrons. The molecule has 32 heavy (non-hydrogen) atoms. The minimum Gasteiger partial charge on any atom is -0.480 e. The van der Waals surface area contributed by atoms with Gasteiger partial charge in [-0.2, -0.15) is 0 Å². The standard InChI is InChI=1S/C18H32N6O8/c1-8(2)14(17(30)23-11(18(31)32)4-6-13(21)27)24-16(29)10(3-5-12(20)26)22-15(28)9(19)7-25/h8-11,14,25H,3-7,19H2,1-2H3,(H2,20,26)(H2,21,27)(H,22,28)(H,23,30)(H,24,29)(H,31,32). The number of nitrogens with two attached hydrogens (primary N) is 3. The molecule has 0 saturated heterocycles. The van der Waals surface area contributed by atoms with Gasteiger partial charge < -0.3 is 43.4 Å². The highest BCUT2D eigenvalue weighted by molar-refractivity contribution is 5.94. The summed E-state index contributed by atoms with van der Waals surface area (Å²) < 4.78 is 0. The molecule has 0 aliphatic carbocycles. The van der Waals surface area contributed by atoms with Crippen LogP contribution in [0.25, 0.3) is 0 Å². The van der Waals surface area contributed by atoms with Crippen LogP contribution >= 0.6 is 0 Å². The van der Waals surface area contributed by atoms with Gasteiger partial charge in [-0.1, -0.05) is 13.8 Å². The fourth-order valence-corrected chi connectivity index (χ4v) is 2.51. The lowest BCUT2D eigenvalue weighted by molar-refractivity contribution is -0.143. The minimum absolute atomic E-state index is 0.201. The third-order valence-electron chi connectivity index (χ3n) is 4.39. The fourth-order valence-electron chi connectivity index (χ4n) is 2.51. The summed E-state index contributed by atoms with van der Waals surface area (Å²) in [6, 6.07) is -5.24. The van der Waals surface area contributed by atoms with Gasteiger partial charge in [0, 0.05) is 12.8 Å². The van der Waals surface area contributed by atoms with Gasteiger partial charge >= 0.3 is 5.97 Å². The van der Waals surface area contributed by atoms with E-state index in [1.807, 2.05) is 0 Å². The predicted octanol–water partition coefficient (Wildman–Crippen LogP) is -3.97. The predicted molar refractivity (Wildman–Crippen MR) is 110 cm³/mol. The van der Waals surface area contributed by atoms with Gasteiger partial charge in [0.2, 0.25) is 29.5 Å². The molecule has 4 atom stereocenters. The summed E-state index contributed by atoms with van der Waals surface area (Å²) in [5.41, 5.74) is 15.5. The Hall–Kier alpha value is -3.26. The quantitative estimate of drug-likeness (QED) is 0.118. The van der Waals surface area contributed by atoms with Crippen LogP contribution in [0, 0.1) is 5.92 Å². The second kappa shape index (κ2) is 13.9. The number of amides is 5. The fraction of sp³-hybridized carbons (Fsp3) is 0.667. The van der Waals surface area contributed by atoms with Gasteiger partial charge in [-0.15, -0.1) is 0 Å². The molecule has 5 amide bonds. The first-order valence-electron chi connectivity index (χ1n) is 9.87. The van der Waals surface area contributed by atoms with Crippen LogP contribution in [-0.2, 0) is 28.8 Å². The number of carbonyl (C=O) groups is 6. The van der Waals surface area contributed by atoms with E-state index >= 15 is 0 Å². The van der Waals surface area contributed by atoms with E-state index in [-0.39, 0.29) is 25.7 Å². The number of carboxylic acids is 1. The first-order valence-corrected chi connectivity index (χ1v) is 9.87. The molecule has 11 N–H and O–H groups in total. The number of hydrogen-bond acceptors (Lipinski definition) is 8. The molecule has 0 saturated carbocycles. The van der Waals surface area contributed by atoms with Crippen LogP contribution in [0.5, 0.6) is 0 Å². The third kappa shape index (κ3) is 10.7. The summed E-state index contributed by atoms with van der Waals surface area (Å²) in [7, 11) is 0. The van der Waals surface area contributed by atoms with Gasteiger partial charge in [0.1, 0.15) is 24.2 Å². The molecule has 14 heteroatoms. The van der Waals surface area contributed by atoms with Gasteiger partial charge in [0.15, 0.2) is 0 Å². The van der Waals surface area contributed by atoms with E-state index in [0.29, 0.717) is 0 Å². The molecule has 0 aromatic rings. The maximum absolute atomic E-state index is 12.7. The molecule has 0 heterocycles. The summed E-state index contributed by atoms with van der Waals surface area (Å²) >= 11 is 0. The van der Waals surface area contributed by atoms with Crippen LogP contribution in [0.1, 0.15) is 39.5 Å². The smallest absolute Gasteiger partial charge is 0.326 e. The number of nitrogens with one attached hydrogen (secondary N) is 3. The van der Waals surface area contributed by atoms with E-state index in [1.54, 1.807) is 13.8 Å². The van der Waals surface area contributed by atoms with Crippen molar-refractivity contribution in [2.24, 2.45) is 23.1 Å². The van der Waals surface area contributed by atoms with Crippen molar-refractivity contribution in [3.05, 3.63) is 0 Å². The molecule has 0 aliphatic heterocycles. The molecule has 0 aliphatic rings. The molecular weight excluding hydrogens is 428 g/mol. The van der Waals surface area contributed by atoms with E-state index in [4.69, 9.17) is 22.3 Å². The van der Waals surface area contributed by atoms with Crippen LogP contribution in [0.2, 0.25) is 0 Å². The third-order valence-corrected chi connectivity index (χ3v) is 4.39. The van der Waals surface area contributed by atoms with Crippen molar-refractivity contribution < 1.29 is 39.0 Å². The molecule has 0 bridgehead atoms. The van der Waals surface area contributed by atoms with E-state index < -0.39 is 72.2 Å². The van der Waals surface area contributed by atoms with Gasteiger partial charge in [0.05, 0.1) is 6.61 Å². The van der Waals surface area contributed by atoms with Crippen molar-refractivity contribution >= 4 is 35.5 Å². The Labute approximate surface area is 184 Å². The Morgan fingerprint density at radius 3 is 1.66 bits per heavy atom. The summed E-state index contributed by atoms with van der Waals surface area (Å²) in [5, 5.41) is 25.1. The number of carboxylic acid groups (broad SMARTS) is 1. The number of hydrogen-bond donors (Lipinski definition) is 8. The number of aliphatic hydroxyl groups excluding tert-OH is 1. The molecule has 14 nitrogen and oxygen atoms in total. The highest BCUT2D eigenvalue weighted by Crippen LogP contribution is 2.07. The summed E-state index contributed by atoms with van der Waals surface area (Å²) in [6.07, 6.45) is -0.985. The molecule has 0 radical (unpaired) electrons. The second-order valence-electron chi connectivity index (χ2n) is 7.49. The summed E-state index contributed by atoms with van der Waals surface area (Å²) in [5.74, 6) is -5.91. The lowest BCUT2D eigenvalue weighted by Crippen LogP contribution is -2.58. The van der Waals surface area contributed by atoms with E-state index in [2.05, 4.69) is 16.0 Å². The Kier molecular flexibility index (Phi) is 12.5. The Morgan fingerprint density at radius 1 is 0.781 bits per heavy atom. The zero-order valence-electron chi connectivity index (χ0n) is 18.0. The van der Waals surface area contributed by atoms with Crippen molar-refractivity contribution in [1.29, 1.82) is 0 Å². The maximum Gasteiger partial charge on any atom is 0.326 e. The van der Waals surface area contributed by atoms with Gasteiger partial charge in [-0.3, -0.25) is 24.0 Å². The number of aliphatic hydroxyl groups is 1. The maximum atomic E-state index is 12.7. The van der Waals surface area contributed by atoms with Crippen molar-refractivity contribution in [3.8, 4) is 0 Å². The lowest BCUT2D eigenvalue weighted by atomic mass is 10.0. The molecular formula is C18H32N6O8. The Balaban J connectivity index is 5.42. The summed E-state index contributed by atoms with van der Waals surface area (Å²) in [4.78, 5) is 70.7. The summed E-state index contributed by atoms with van der Waals surface area (Å²) in [6.45, 7) is 2.49. The van der Waals surface area contributed by atoms with Gasteiger partial charge in [-0.05, 0) is 18.8 Å². The largest absolute Gasteiger partial charge is 0.480 e. The topological polar surface area (TPSA) is 257 Å². The molecule has 4 unspecified atom stereocenters. The monoisotopic (exact) mass is 460 g/mol. The van der Waals surface area contributed by atoms with Gasteiger partial charge in [-0.25, -0.2) is 4.79 Å². The van der Waals surface area contributed by atoms with Crippen LogP contribution < -0.4 is 33.2 Å². The van der Waals surface area contributed by atoms with E-state index in [0.717, 1.165) is 0 Å². The van der Waals surface area contributed by atoms with Crippen LogP contribution in [0.4, 0.5) is 0 Å². The highest BCUT2D eigenvalue weighted by atomic mass is 16.4. The Bertz CT molecular complexity index is 714. The number of aliphatic carboxylic acids is 1. The normalized spacial score (nSPS) is 14.5. The van der Waals surface area contributed by atoms with Crippen molar-refractivity contribution in [2.75, 3.05) is 6.61 Å².